The Bertz CT molecular complexity index is 524. The van der Waals surface area contributed by atoms with Crippen molar-refractivity contribution >= 4 is 23.5 Å². The topological polar surface area (TPSA) is 62.5 Å². The van der Waals surface area contributed by atoms with Crippen molar-refractivity contribution < 1.29 is 14.7 Å². The SMILES string of the molecule is CC(C)n1cc(Cl)cc1C(=O)N1CCCCC1C(=O)O. The van der Waals surface area contributed by atoms with E-state index in [0.29, 0.717) is 23.7 Å². The van der Waals surface area contributed by atoms with Crippen molar-refractivity contribution in [1.82, 2.24) is 9.47 Å². The number of carboxylic acids is 1. The van der Waals surface area contributed by atoms with Crippen LogP contribution < -0.4 is 0 Å². The molecule has 1 aliphatic rings. The number of amides is 1. The van der Waals surface area contributed by atoms with Crippen LogP contribution in [0.1, 0.15) is 49.6 Å². The summed E-state index contributed by atoms with van der Waals surface area (Å²) in [7, 11) is 0. The quantitative estimate of drug-likeness (QED) is 0.933. The molecule has 1 amide bonds. The second kappa shape index (κ2) is 5.87. The molecule has 1 aromatic rings. The number of halogens is 1. The molecule has 0 bridgehead atoms. The van der Waals surface area contributed by atoms with E-state index in [1.165, 1.54) is 4.90 Å². The van der Waals surface area contributed by atoms with Crippen LogP contribution in [0, 0.1) is 0 Å². The average Bonchev–Trinajstić information content (AvgIpc) is 2.80. The zero-order chi connectivity index (χ0) is 14.9. The minimum Gasteiger partial charge on any atom is -0.480 e. The largest absolute Gasteiger partial charge is 0.480 e. The van der Waals surface area contributed by atoms with Crippen molar-refractivity contribution in [2.24, 2.45) is 0 Å². The molecule has 1 N–H and O–H groups in total. The summed E-state index contributed by atoms with van der Waals surface area (Å²) < 4.78 is 1.79. The molecule has 1 unspecified atom stereocenters. The zero-order valence-corrected chi connectivity index (χ0v) is 12.4. The molecule has 0 aliphatic carbocycles. The van der Waals surface area contributed by atoms with Crippen LogP contribution in [0.2, 0.25) is 5.02 Å². The molecule has 2 heterocycles. The molecule has 1 saturated heterocycles. The lowest BCUT2D eigenvalue weighted by Gasteiger charge is -2.33. The molecule has 110 valence electrons. The van der Waals surface area contributed by atoms with E-state index in [1.54, 1.807) is 16.8 Å². The van der Waals surface area contributed by atoms with Crippen molar-refractivity contribution in [3.05, 3.63) is 23.0 Å². The molecule has 0 aromatic carbocycles. The first-order valence-electron chi connectivity index (χ1n) is 6.83. The number of aliphatic carboxylic acids is 1. The van der Waals surface area contributed by atoms with E-state index in [1.807, 2.05) is 13.8 Å². The number of carbonyl (C=O) groups excluding carboxylic acids is 1. The van der Waals surface area contributed by atoms with Gasteiger partial charge in [-0.1, -0.05) is 11.6 Å². The van der Waals surface area contributed by atoms with Gasteiger partial charge in [-0.25, -0.2) is 4.79 Å². The lowest BCUT2D eigenvalue weighted by atomic mass is 10.0. The van der Waals surface area contributed by atoms with E-state index in [-0.39, 0.29) is 11.9 Å². The number of likely N-dealkylation sites (tertiary alicyclic amines) is 1. The first-order chi connectivity index (χ1) is 9.41. The van der Waals surface area contributed by atoms with E-state index in [0.717, 1.165) is 12.8 Å². The minimum absolute atomic E-state index is 0.0921. The van der Waals surface area contributed by atoms with Crippen molar-refractivity contribution in [3.8, 4) is 0 Å². The molecule has 0 saturated carbocycles. The van der Waals surface area contributed by atoms with Gasteiger partial charge in [0.2, 0.25) is 0 Å². The van der Waals surface area contributed by atoms with E-state index in [2.05, 4.69) is 0 Å². The van der Waals surface area contributed by atoms with Crippen LogP contribution in [0.15, 0.2) is 12.3 Å². The third-order valence-corrected chi connectivity index (χ3v) is 3.85. The fourth-order valence-electron chi connectivity index (χ4n) is 2.62. The first kappa shape index (κ1) is 14.9. The second-order valence-corrected chi connectivity index (χ2v) is 5.83. The van der Waals surface area contributed by atoms with Crippen LogP contribution in [0.3, 0.4) is 0 Å². The van der Waals surface area contributed by atoms with E-state index in [4.69, 9.17) is 11.6 Å². The molecule has 0 spiro atoms. The molecule has 1 atom stereocenters. The Morgan fingerprint density at radius 2 is 2.10 bits per heavy atom. The number of rotatable bonds is 3. The fraction of sp³-hybridized carbons (Fsp3) is 0.571. The number of hydrogen-bond acceptors (Lipinski definition) is 2. The summed E-state index contributed by atoms with van der Waals surface area (Å²) in [4.78, 5) is 25.4. The van der Waals surface area contributed by atoms with Gasteiger partial charge in [0.25, 0.3) is 5.91 Å². The molecule has 5 nitrogen and oxygen atoms in total. The fourth-order valence-corrected chi connectivity index (χ4v) is 2.83. The average molecular weight is 299 g/mol. The molecule has 2 rings (SSSR count). The van der Waals surface area contributed by atoms with Crippen molar-refractivity contribution in [1.29, 1.82) is 0 Å². The molecule has 6 heteroatoms. The molecule has 1 aromatic heterocycles. The Labute approximate surface area is 123 Å². The van der Waals surface area contributed by atoms with Crippen molar-refractivity contribution in [2.45, 2.75) is 45.2 Å². The number of hydrogen-bond donors (Lipinski definition) is 1. The molecule has 0 radical (unpaired) electrons. The third kappa shape index (κ3) is 2.82. The number of carbonyl (C=O) groups is 2. The van der Waals surface area contributed by atoms with Crippen molar-refractivity contribution in [3.63, 3.8) is 0 Å². The van der Waals surface area contributed by atoms with Crippen LogP contribution in [0.25, 0.3) is 0 Å². The summed E-state index contributed by atoms with van der Waals surface area (Å²) in [5, 5.41) is 9.75. The number of aromatic nitrogens is 1. The molecule has 1 fully saturated rings. The van der Waals surface area contributed by atoms with Gasteiger partial charge in [-0.15, -0.1) is 0 Å². The predicted octanol–water partition coefficient (Wildman–Crippen LogP) is 2.80. The Kier molecular flexibility index (Phi) is 4.38. The van der Waals surface area contributed by atoms with Crippen LogP contribution in [-0.4, -0.2) is 39.0 Å². The van der Waals surface area contributed by atoms with Gasteiger partial charge in [0.15, 0.2) is 0 Å². The highest BCUT2D eigenvalue weighted by Crippen LogP contribution is 2.24. The standard InChI is InChI=1S/C14H19ClN2O3/c1-9(2)17-8-10(15)7-12(17)13(18)16-6-4-3-5-11(16)14(19)20/h7-9,11H,3-6H2,1-2H3,(H,19,20). The van der Waals surface area contributed by atoms with Crippen molar-refractivity contribution in [2.75, 3.05) is 6.54 Å². The number of piperidine rings is 1. The maximum atomic E-state index is 12.6. The van der Waals surface area contributed by atoms with Gasteiger partial charge in [0, 0.05) is 18.8 Å². The summed E-state index contributed by atoms with van der Waals surface area (Å²) in [6, 6.07) is 0.970. The normalized spacial score (nSPS) is 19.4. The van der Waals surface area contributed by atoms with Gasteiger partial charge >= 0.3 is 5.97 Å². The highest BCUT2D eigenvalue weighted by molar-refractivity contribution is 6.31. The molecular formula is C14H19ClN2O3. The Balaban J connectivity index is 2.32. The van der Waals surface area contributed by atoms with Crippen LogP contribution in [0.5, 0.6) is 0 Å². The molecular weight excluding hydrogens is 280 g/mol. The summed E-state index contributed by atoms with van der Waals surface area (Å²) in [6.45, 7) is 4.40. The third-order valence-electron chi connectivity index (χ3n) is 3.64. The second-order valence-electron chi connectivity index (χ2n) is 5.39. The summed E-state index contributed by atoms with van der Waals surface area (Å²) in [5.74, 6) is -1.19. The number of nitrogens with zero attached hydrogens (tertiary/aromatic N) is 2. The lowest BCUT2D eigenvalue weighted by Crippen LogP contribution is -2.48. The van der Waals surface area contributed by atoms with Gasteiger partial charge < -0.3 is 14.6 Å². The Hall–Kier alpha value is -1.49. The van der Waals surface area contributed by atoms with Crippen LogP contribution >= 0.6 is 11.6 Å². The zero-order valence-electron chi connectivity index (χ0n) is 11.7. The van der Waals surface area contributed by atoms with E-state index in [9.17, 15) is 14.7 Å². The lowest BCUT2D eigenvalue weighted by molar-refractivity contribution is -0.143. The van der Waals surface area contributed by atoms with Gasteiger partial charge in [0.1, 0.15) is 11.7 Å². The first-order valence-corrected chi connectivity index (χ1v) is 7.20. The van der Waals surface area contributed by atoms with Crippen LogP contribution in [-0.2, 0) is 4.79 Å². The summed E-state index contributed by atoms with van der Waals surface area (Å²) >= 11 is 5.98. The van der Waals surface area contributed by atoms with Gasteiger partial charge in [0.05, 0.1) is 5.02 Å². The maximum Gasteiger partial charge on any atom is 0.326 e. The predicted molar refractivity (Wildman–Crippen MR) is 76.1 cm³/mol. The molecule has 20 heavy (non-hydrogen) atoms. The number of carboxylic acid groups (broad SMARTS) is 1. The van der Waals surface area contributed by atoms with E-state index < -0.39 is 12.0 Å². The summed E-state index contributed by atoms with van der Waals surface area (Å²) in [6.07, 6.45) is 3.90. The highest BCUT2D eigenvalue weighted by atomic mass is 35.5. The highest BCUT2D eigenvalue weighted by Gasteiger charge is 2.33. The van der Waals surface area contributed by atoms with Gasteiger partial charge in [-0.3, -0.25) is 4.79 Å². The smallest absolute Gasteiger partial charge is 0.326 e. The Morgan fingerprint density at radius 3 is 2.70 bits per heavy atom. The molecule has 1 aliphatic heterocycles. The van der Waals surface area contributed by atoms with Crippen LogP contribution in [0.4, 0.5) is 0 Å². The summed E-state index contributed by atoms with van der Waals surface area (Å²) in [5.41, 5.74) is 0.457. The Morgan fingerprint density at radius 1 is 1.40 bits per heavy atom. The van der Waals surface area contributed by atoms with Gasteiger partial charge in [-0.2, -0.15) is 0 Å². The monoisotopic (exact) mass is 298 g/mol. The van der Waals surface area contributed by atoms with E-state index >= 15 is 0 Å². The van der Waals surface area contributed by atoms with Gasteiger partial charge in [-0.05, 0) is 39.2 Å². The minimum atomic E-state index is -0.938. The maximum absolute atomic E-state index is 12.6.